The number of nitrogens with zero attached hydrogens (tertiary/aromatic N) is 2. The molecule has 7 nitrogen and oxygen atoms in total. The van der Waals surface area contributed by atoms with Crippen molar-refractivity contribution in [1.82, 2.24) is 9.97 Å². The van der Waals surface area contributed by atoms with E-state index < -0.39 is 8.32 Å². The van der Waals surface area contributed by atoms with Gasteiger partial charge in [-0.1, -0.05) is 34.1 Å². The fraction of sp³-hybridized carbons (Fsp3) is 0.783. The first-order chi connectivity index (χ1) is 14.6. The average molecular weight is 451 g/mol. The molecule has 0 atom stereocenters. The number of rotatable bonds is 10. The Morgan fingerprint density at radius 2 is 1.87 bits per heavy atom. The third kappa shape index (κ3) is 7.45. The zero-order valence-corrected chi connectivity index (χ0v) is 21.5. The number of carbonyl (C=O) groups is 1. The molecule has 1 aliphatic carbocycles. The first kappa shape index (κ1) is 25.6. The van der Waals surface area contributed by atoms with Gasteiger partial charge in [0.25, 0.3) is 0 Å². The molecule has 0 aliphatic heterocycles. The van der Waals surface area contributed by atoms with E-state index in [1.807, 2.05) is 0 Å². The van der Waals surface area contributed by atoms with Crippen LogP contribution < -0.4 is 10.6 Å². The lowest BCUT2D eigenvalue weighted by molar-refractivity contribution is 0.0526. The molecule has 0 unspecified atom stereocenters. The van der Waals surface area contributed by atoms with E-state index in [9.17, 15) is 4.79 Å². The van der Waals surface area contributed by atoms with Crippen LogP contribution in [0.3, 0.4) is 0 Å². The van der Waals surface area contributed by atoms with E-state index in [0.29, 0.717) is 30.0 Å². The number of aromatic nitrogens is 2. The van der Waals surface area contributed by atoms with E-state index in [0.717, 1.165) is 45.1 Å². The summed E-state index contributed by atoms with van der Waals surface area (Å²) in [4.78, 5) is 21.3. The second-order valence-corrected chi connectivity index (χ2v) is 14.7. The maximum Gasteiger partial charge on any atom is 0.343 e. The predicted molar refractivity (Wildman–Crippen MR) is 129 cm³/mol. The molecule has 0 bridgehead atoms. The molecule has 2 N–H and O–H groups in total. The van der Waals surface area contributed by atoms with E-state index in [4.69, 9.17) is 9.16 Å². The van der Waals surface area contributed by atoms with Gasteiger partial charge < -0.3 is 19.8 Å². The molecule has 0 saturated heterocycles. The normalized spacial score (nSPS) is 19.7. The number of carbonyl (C=O) groups excluding carboxylic acids is 1. The van der Waals surface area contributed by atoms with Gasteiger partial charge in [-0.25, -0.2) is 9.78 Å². The van der Waals surface area contributed by atoms with E-state index in [-0.39, 0.29) is 17.0 Å². The van der Waals surface area contributed by atoms with Gasteiger partial charge in [0.15, 0.2) is 8.32 Å². The van der Waals surface area contributed by atoms with Crippen LogP contribution in [0.25, 0.3) is 0 Å². The molecular formula is C23H42N4O3Si. The van der Waals surface area contributed by atoms with Gasteiger partial charge >= 0.3 is 5.97 Å². The van der Waals surface area contributed by atoms with Gasteiger partial charge in [-0.05, 0) is 57.2 Å². The van der Waals surface area contributed by atoms with Crippen molar-refractivity contribution in [1.29, 1.82) is 0 Å². The Kier molecular flexibility index (Phi) is 9.30. The summed E-state index contributed by atoms with van der Waals surface area (Å²) in [6.07, 6.45) is 8.04. The fourth-order valence-corrected chi connectivity index (χ4v) is 4.85. The molecule has 1 aliphatic rings. The highest BCUT2D eigenvalue weighted by Gasteiger charge is 2.39. The molecule has 1 aromatic heterocycles. The van der Waals surface area contributed by atoms with E-state index in [1.165, 1.54) is 0 Å². The minimum Gasteiger partial charge on any atom is -0.462 e. The summed E-state index contributed by atoms with van der Waals surface area (Å²) >= 11 is 0. The van der Waals surface area contributed by atoms with Gasteiger partial charge in [0.05, 0.1) is 6.61 Å². The molecule has 176 valence electrons. The van der Waals surface area contributed by atoms with Gasteiger partial charge in [-0.3, -0.25) is 0 Å². The Hall–Kier alpha value is -1.67. The molecule has 0 amide bonds. The van der Waals surface area contributed by atoms with Crippen molar-refractivity contribution in [3.05, 3.63) is 11.8 Å². The summed E-state index contributed by atoms with van der Waals surface area (Å²) in [5.41, 5.74) is 0.391. The van der Waals surface area contributed by atoms with Gasteiger partial charge in [-0.15, -0.1) is 0 Å². The number of unbranched alkanes of at least 4 members (excludes halogenated alkanes) is 1. The summed E-state index contributed by atoms with van der Waals surface area (Å²) in [6.45, 7) is 16.6. The van der Waals surface area contributed by atoms with Crippen molar-refractivity contribution in [2.45, 2.75) is 103 Å². The first-order valence-corrected chi connectivity index (χ1v) is 14.7. The Labute approximate surface area is 189 Å². The maximum atomic E-state index is 12.4. The van der Waals surface area contributed by atoms with Crippen LogP contribution in [-0.4, -0.2) is 49.6 Å². The van der Waals surface area contributed by atoms with Crippen LogP contribution in [0.15, 0.2) is 6.20 Å². The molecule has 0 radical (unpaired) electrons. The monoisotopic (exact) mass is 450 g/mol. The molecule has 0 spiro atoms. The molecule has 1 heterocycles. The molecule has 8 heteroatoms. The van der Waals surface area contributed by atoms with Crippen molar-refractivity contribution in [2.24, 2.45) is 0 Å². The lowest BCUT2D eigenvalue weighted by Crippen LogP contribution is -2.45. The van der Waals surface area contributed by atoms with Crippen molar-refractivity contribution < 1.29 is 14.0 Å². The van der Waals surface area contributed by atoms with E-state index >= 15 is 0 Å². The van der Waals surface area contributed by atoms with Crippen LogP contribution in [0.1, 0.15) is 83.5 Å². The summed E-state index contributed by atoms with van der Waals surface area (Å²) in [6, 6.07) is 0.255. The number of ether oxygens (including phenoxy) is 1. The zero-order chi connectivity index (χ0) is 23.1. The SMILES string of the molecule is CCCCNc1ncc(C(=O)OCC)c(N[C@H]2CC[C@H](O[Si](C)(C)C(C)(C)C)CC2)n1. The molecule has 1 saturated carbocycles. The van der Waals surface area contributed by atoms with Crippen LogP contribution in [0, 0.1) is 0 Å². The molecule has 1 aromatic rings. The van der Waals surface area contributed by atoms with Crippen molar-refractivity contribution in [2.75, 3.05) is 23.8 Å². The van der Waals surface area contributed by atoms with Crippen LogP contribution in [0.4, 0.5) is 11.8 Å². The Morgan fingerprint density at radius 1 is 1.19 bits per heavy atom. The summed E-state index contributed by atoms with van der Waals surface area (Å²) < 4.78 is 11.8. The van der Waals surface area contributed by atoms with Crippen LogP contribution in [0.2, 0.25) is 18.1 Å². The van der Waals surface area contributed by atoms with Crippen molar-refractivity contribution in [3.63, 3.8) is 0 Å². The third-order valence-corrected chi connectivity index (χ3v) is 10.9. The standard InChI is InChI=1S/C23H42N4O3Si/c1-8-10-15-24-22-25-16-19(21(28)29-9-2)20(27-22)26-17-11-13-18(14-12-17)30-31(6,7)23(3,4)5/h16-18H,8-15H2,1-7H3,(H2,24,25,26,27)/t17-,18-. The molecule has 0 aromatic carbocycles. The van der Waals surface area contributed by atoms with Crippen LogP contribution in [0.5, 0.6) is 0 Å². The van der Waals surface area contributed by atoms with Gasteiger partial charge in [0, 0.05) is 24.9 Å². The lowest BCUT2D eigenvalue weighted by atomic mass is 9.93. The quantitative estimate of drug-likeness (QED) is 0.272. The van der Waals surface area contributed by atoms with Gasteiger partial charge in [-0.2, -0.15) is 4.98 Å². The van der Waals surface area contributed by atoms with Crippen molar-refractivity contribution in [3.8, 4) is 0 Å². The first-order valence-electron chi connectivity index (χ1n) is 11.8. The zero-order valence-electron chi connectivity index (χ0n) is 20.5. The van der Waals surface area contributed by atoms with Gasteiger partial charge in [0.2, 0.25) is 5.95 Å². The maximum absolute atomic E-state index is 12.4. The summed E-state index contributed by atoms with van der Waals surface area (Å²) in [5, 5.41) is 6.96. The van der Waals surface area contributed by atoms with Crippen molar-refractivity contribution >= 4 is 26.1 Å². The minimum atomic E-state index is -1.76. The molecule has 1 fully saturated rings. The smallest absolute Gasteiger partial charge is 0.343 e. The van der Waals surface area contributed by atoms with Gasteiger partial charge in [0.1, 0.15) is 11.4 Å². The second-order valence-electron chi connectivity index (χ2n) is 9.95. The highest BCUT2D eigenvalue weighted by Crippen LogP contribution is 2.39. The largest absolute Gasteiger partial charge is 0.462 e. The fourth-order valence-electron chi connectivity index (χ4n) is 3.42. The van der Waals surface area contributed by atoms with E-state index in [2.05, 4.69) is 61.4 Å². The Balaban J connectivity index is 2.04. The number of esters is 1. The van der Waals surface area contributed by atoms with E-state index in [1.54, 1.807) is 13.1 Å². The highest BCUT2D eigenvalue weighted by atomic mass is 28.4. The number of anilines is 2. The predicted octanol–water partition coefficient (Wildman–Crippen LogP) is 5.61. The van der Waals surface area contributed by atoms with Crippen LogP contribution >= 0.6 is 0 Å². The minimum absolute atomic E-state index is 0.221. The topological polar surface area (TPSA) is 85.4 Å². The average Bonchev–Trinajstić information content (AvgIpc) is 2.69. The second kappa shape index (κ2) is 11.3. The molecule has 31 heavy (non-hydrogen) atoms. The molecular weight excluding hydrogens is 408 g/mol. The summed E-state index contributed by atoms with van der Waals surface area (Å²) in [5.74, 6) is 0.709. The Bertz CT molecular complexity index is 713. The number of hydrogen-bond donors (Lipinski definition) is 2. The number of hydrogen-bond acceptors (Lipinski definition) is 7. The number of nitrogens with one attached hydrogen (secondary N) is 2. The highest BCUT2D eigenvalue weighted by molar-refractivity contribution is 6.74. The lowest BCUT2D eigenvalue weighted by Gasteiger charge is -2.41. The Morgan fingerprint density at radius 3 is 2.45 bits per heavy atom. The third-order valence-electron chi connectivity index (χ3n) is 6.38. The van der Waals surface area contributed by atoms with Crippen LogP contribution in [-0.2, 0) is 9.16 Å². The summed E-state index contributed by atoms with van der Waals surface area (Å²) in [7, 11) is -1.76. The molecule has 2 rings (SSSR count).